The summed E-state index contributed by atoms with van der Waals surface area (Å²) >= 11 is 0. The molecule has 0 spiro atoms. The van der Waals surface area contributed by atoms with E-state index in [1.54, 1.807) is 20.7 Å². The summed E-state index contributed by atoms with van der Waals surface area (Å²) in [4.78, 5) is 0. The SMILES string of the molecule is CCCCC([Si](C)(c1ccccc1)c1ccccc1)[Si](C)(c1ccccc1)c1ccccc1. The van der Waals surface area contributed by atoms with Crippen molar-refractivity contribution in [2.45, 2.75) is 44.4 Å². The van der Waals surface area contributed by atoms with Crippen molar-refractivity contribution in [2.75, 3.05) is 0 Å². The van der Waals surface area contributed by atoms with Crippen LogP contribution in [0.15, 0.2) is 121 Å². The molecule has 0 bridgehead atoms. The lowest BCUT2D eigenvalue weighted by atomic mass is 10.3. The standard InChI is InChI=1S/C31H36Si2/c1-4-5-26-31(32(2,27-18-10-6-11-19-27)28-20-12-7-13-21-28)33(3,29-22-14-8-15-23-29)30-24-16-9-17-25-30/h6-25,31H,4-5,26H2,1-3H3. The van der Waals surface area contributed by atoms with Gasteiger partial charge in [0.25, 0.3) is 0 Å². The minimum absolute atomic E-state index is 0.638. The van der Waals surface area contributed by atoms with Crippen LogP contribution in [0, 0.1) is 0 Å². The number of rotatable bonds is 9. The lowest BCUT2D eigenvalue weighted by molar-refractivity contribution is 0.736. The van der Waals surface area contributed by atoms with Crippen LogP contribution >= 0.6 is 0 Å². The van der Waals surface area contributed by atoms with E-state index in [1.165, 1.54) is 19.3 Å². The average molecular weight is 465 g/mol. The molecule has 4 rings (SSSR count). The number of benzene rings is 4. The minimum Gasteiger partial charge on any atom is -0.0654 e. The fourth-order valence-electron chi connectivity index (χ4n) is 5.84. The first-order valence-corrected chi connectivity index (χ1v) is 17.5. The van der Waals surface area contributed by atoms with E-state index in [1.807, 2.05) is 0 Å². The van der Waals surface area contributed by atoms with Crippen molar-refractivity contribution in [1.29, 1.82) is 0 Å². The van der Waals surface area contributed by atoms with Crippen molar-refractivity contribution in [3.8, 4) is 0 Å². The zero-order valence-corrected chi connectivity index (χ0v) is 22.2. The summed E-state index contributed by atoms with van der Waals surface area (Å²) in [6.07, 6.45) is 3.78. The Hall–Kier alpha value is -2.69. The van der Waals surface area contributed by atoms with Gasteiger partial charge in [0.2, 0.25) is 0 Å². The summed E-state index contributed by atoms with van der Waals surface area (Å²) in [5.74, 6) is 0. The number of unbranched alkanes of at least 4 members (excludes halogenated alkanes) is 1. The van der Waals surface area contributed by atoms with Crippen LogP contribution in [0.25, 0.3) is 0 Å². The first-order chi connectivity index (χ1) is 16.1. The maximum Gasteiger partial charge on any atom is 0.116 e. The highest BCUT2D eigenvalue weighted by Gasteiger charge is 2.51. The highest BCUT2D eigenvalue weighted by atomic mass is 28.4. The van der Waals surface area contributed by atoms with E-state index in [9.17, 15) is 0 Å². The van der Waals surface area contributed by atoms with Gasteiger partial charge < -0.3 is 0 Å². The molecule has 0 aliphatic carbocycles. The summed E-state index contributed by atoms with van der Waals surface area (Å²) in [7, 11) is -4.22. The van der Waals surface area contributed by atoms with Crippen molar-refractivity contribution in [3.63, 3.8) is 0 Å². The predicted octanol–water partition coefficient (Wildman–Crippen LogP) is 5.87. The third kappa shape index (κ3) is 4.55. The maximum absolute atomic E-state index is 2.65. The van der Waals surface area contributed by atoms with Crippen LogP contribution in [0.4, 0.5) is 0 Å². The van der Waals surface area contributed by atoms with Gasteiger partial charge in [-0.1, -0.05) is 181 Å². The first-order valence-electron chi connectivity index (χ1n) is 12.3. The third-order valence-corrected chi connectivity index (χ3v) is 20.7. The molecule has 0 amide bonds. The molecule has 4 aromatic rings. The summed E-state index contributed by atoms with van der Waals surface area (Å²) < 4.78 is 0. The van der Waals surface area contributed by atoms with Crippen LogP contribution in [-0.2, 0) is 0 Å². The molecule has 4 aromatic carbocycles. The molecule has 0 unspecified atom stereocenters. The molecule has 2 heteroatoms. The monoisotopic (exact) mass is 464 g/mol. The van der Waals surface area contributed by atoms with E-state index in [-0.39, 0.29) is 0 Å². The van der Waals surface area contributed by atoms with E-state index in [2.05, 4.69) is 141 Å². The molecule has 0 aromatic heterocycles. The van der Waals surface area contributed by atoms with E-state index in [0.29, 0.717) is 5.16 Å². The summed E-state index contributed by atoms with van der Waals surface area (Å²) in [5, 5.41) is 6.87. The van der Waals surface area contributed by atoms with Crippen LogP contribution in [0.3, 0.4) is 0 Å². The Morgan fingerprint density at radius 2 is 0.758 bits per heavy atom. The Morgan fingerprint density at radius 1 is 0.485 bits per heavy atom. The Bertz CT molecular complexity index is 941. The van der Waals surface area contributed by atoms with Crippen LogP contribution in [0.2, 0.25) is 18.3 Å². The van der Waals surface area contributed by atoms with Crippen LogP contribution in [-0.4, -0.2) is 16.1 Å². The zero-order chi connectivity index (χ0) is 23.2. The maximum atomic E-state index is 2.65. The molecule has 0 nitrogen and oxygen atoms in total. The molecule has 0 N–H and O–H groups in total. The number of hydrogen-bond acceptors (Lipinski definition) is 0. The van der Waals surface area contributed by atoms with Gasteiger partial charge >= 0.3 is 0 Å². The Kier molecular flexibility index (Phi) is 7.47. The largest absolute Gasteiger partial charge is 0.116 e. The second-order valence-electron chi connectivity index (χ2n) is 9.56. The predicted molar refractivity (Wildman–Crippen MR) is 151 cm³/mol. The Balaban J connectivity index is 2.03. The van der Waals surface area contributed by atoms with Gasteiger partial charge in [0.15, 0.2) is 0 Å². The second kappa shape index (κ2) is 10.5. The molecule has 0 saturated heterocycles. The molecule has 168 valence electrons. The summed E-state index contributed by atoms with van der Waals surface area (Å²) in [6.45, 7) is 7.63. The quantitative estimate of drug-likeness (QED) is 0.272. The molecule has 0 fully saturated rings. The van der Waals surface area contributed by atoms with Gasteiger partial charge in [-0.15, -0.1) is 0 Å². The van der Waals surface area contributed by atoms with Crippen LogP contribution < -0.4 is 20.7 Å². The van der Waals surface area contributed by atoms with Gasteiger partial charge in [0.1, 0.15) is 16.1 Å². The molecule has 0 aliphatic rings. The van der Waals surface area contributed by atoms with Crippen LogP contribution in [0.1, 0.15) is 26.2 Å². The van der Waals surface area contributed by atoms with E-state index >= 15 is 0 Å². The van der Waals surface area contributed by atoms with Gasteiger partial charge in [-0.25, -0.2) is 0 Å². The fraction of sp³-hybridized carbons (Fsp3) is 0.226. The van der Waals surface area contributed by atoms with Gasteiger partial charge in [0.05, 0.1) is 0 Å². The molecule has 0 atom stereocenters. The molecular weight excluding hydrogens is 429 g/mol. The van der Waals surface area contributed by atoms with Gasteiger partial charge in [-0.2, -0.15) is 0 Å². The molecule has 0 aliphatic heterocycles. The summed E-state index contributed by atoms with van der Waals surface area (Å²) in [6, 6.07) is 45.8. The molecule has 0 radical (unpaired) electrons. The Morgan fingerprint density at radius 3 is 1.00 bits per heavy atom. The van der Waals surface area contributed by atoms with Gasteiger partial charge in [-0.05, 0) is 5.16 Å². The third-order valence-electron chi connectivity index (χ3n) is 7.73. The average Bonchev–Trinajstić information content (AvgIpc) is 2.90. The lowest BCUT2D eigenvalue weighted by Crippen LogP contribution is -2.72. The first kappa shape index (κ1) is 23.5. The highest BCUT2D eigenvalue weighted by molar-refractivity contribution is 7.18. The molecular formula is C31H36Si2. The van der Waals surface area contributed by atoms with E-state index in [0.717, 1.165) is 0 Å². The van der Waals surface area contributed by atoms with Crippen molar-refractivity contribution in [2.24, 2.45) is 0 Å². The fourth-order valence-corrected chi connectivity index (χ4v) is 19.8. The smallest absolute Gasteiger partial charge is 0.0654 e. The molecule has 33 heavy (non-hydrogen) atoms. The topological polar surface area (TPSA) is 0 Å². The molecule has 0 saturated carbocycles. The zero-order valence-electron chi connectivity index (χ0n) is 20.2. The normalized spacial score (nSPS) is 12.1. The van der Waals surface area contributed by atoms with Crippen molar-refractivity contribution in [3.05, 3.63) is 121 Å². The van der Waals surface area contributed by atoms with E-state index in [4.69, 9.17) is 0 Å². The van der Waals surface area contributed by atoms with Crippen molar-refractivity contribution in [1.82, 2.24) is 0 Å². The van der Waals surface area contributed by atoms with Crippen LogP contribution in [0.5, 0.6) is 0 Å². The molecule has 0 heterocycles. The highest BCUT2D eigenvalue weighted by Crippen LogP contribution is 2.36. The second-order valence-corrected chi connectivity index (χ2v) is 18.7. The Labute approximate surface area is 202 Å². The summed E-state index contributed by atoms with van der Waals surface area (Å²) in [5.41, 5.74) is 0. The van der Waals surface area contributed by atoms with Gasteiger partial charge in [0, 0.05) is 0 Å². The van der Waals surface area contributed by atoms with E-state index < -0.39 is 16.1 Å². The lowest BCUT2D eigenvalue weighted by Gasteiger charge is -2.47. The minimum atomic E-state index is -2.11. The van der Waals surface area contributed by atoms with Gasteiger partial charge in [-0.3, -0.25) is 0 Å². The number of hydrogen-bond donors (Lipinski definition) is 0. The van der Waals surface area contributed by atoms with Crippen molar-refractivity contribution >= 4 is 36.9 Å². The van der Waals surface area contributed by atoms with Crippen molar-refractivity contribution < 1.29 is 0 Å².